The van der Waals surface area contributed by atoms with Crippen molar-refractivity contribution in [2.75, 3.05) is 5.32 Å². The van der Waals surface area contributed by atoms with Gasteiger partial charge in [0.15, 0.2) is 0 Å². The molecule has 3 aromatic heterocycles. The summed E-state index contributed by atoms with van der Waals surface area (Å²) in [6, 6.07) is 10.1. The molecule has 3 heterocycles. The topological polar surface area (TPSA) is 72.7 Å². The summed E-state index contributed by atoms with van der Waals surface area (Å²) in [4.78, 5) is 20.5. The number of pyridine rings is 2. The molecule has 3 rings (SSSR count). The Labute approximate surface area is 146 Å². The molecule has 1 amide bonds. The number of hydrogen-bond donors (Lipinski definition) is 1. The minimum Gasteiger partial charge on any atom is -0.307 e. The Morgan fingerprint density at radius 1 is 1.12 bits per heavy atom. The Kier molecular flexibility index (Phi) is 5.34. The Morgan fingerprint density at radius 2 is 1.96 bits per heavy atom. The standard InChI is InChI=1S/C16H13F2N5OS/c17-16(18)25-15-12(5-3-8-20-15)14(24)22-13-6-9-21-23(13)10-11-4-1-2-7-19-11/h1-9,16H,10H2,(H,22,24). The minimum atomic E-state index is -2.66. The lowest BCUT2D eigenvalue weighted by Gasteiger charge is -2.10. The lowest BCUT2D eigenvalue weighted by Crippen LogP contribution is -2.17. The largest absolute Gasteiger partial charge is 0.307 e. The summed E-state index contributed by atoms with van der Waals surface area (Å²) in [6.07, 6.45) is 4.57. The van der Waals surface area contributed by atoms with E-state index in [-0.39, 0.29) is 22.4 Å². The summed E-state index contributed by atoms with van der Waals surface area (Å²) in [7, 11) is 0. The van der Waals surface area contributed by atoms with Gasteiger partial charge in [0.05, 0.1) is 24.0 Å². The molecule has 0 aliphatic rings. The van der Waals surface area contributed by atoms with E-state index in [2.05, 4.69) is 20.4 Å². The van der Waals surface area contributed by atoms with Gasteiger partial charge >= 0.3 is 0 Å². The highest BCUT2D eigenvalue weighted by molar-refractivity contribution is 7.99. The molecule has 128 valence electrons. The number of amides is 1. The maximum absolute atomic E-state index is 12.6. The minimum absolute atomic E-state index is 0.0224. The Bertz CT molecular complexity index is 856. The number of carbonyl (C=O) groups excluding carboxylic acids is 1. The molecule has 0 radical (unpaired) electrons. The lowest BCUT2D eigenvalue weighted by molar-refractivity contribution is 0.102. The van der Waals surface area contributed by atoms with E-state index in [1.807, 2.05) is 12.1 Å². The van der Waals surface area contributed by atoms with E-state index in [1.165, 1.54) is 24.5 Å². The maximum Gasteiger partial charge on any atom is 0.290 e. The van der Waals surface area contributed by atoms with Crippen molar-refractivity contribution < 1.29 is 13.6 Å². The van der Waals surface area contributed by atoms with Gasteiger partial charge in [0, 0.05) is 18.5 Å². The molecule has 25 heavy (non-hydrogen) atoms. The second-order valence-electron chi connectivity index (χ2n) is 4.88. The normalized spacial score (nSPS) is 10.8. The molecule has 0 aliphatic heterocycles. The van der Waals surface area contributed by atoms with Crippen molar-refractivity contribution in [1.29, 1.82) is 0 Å². The molecular weight excluding hydrogens is 348 g/mol. The predicted molar refractivity (Wildman–Crippen MR) is 89.6 cm³/mol. The van der Waals surface area contributed by atoms with Crippen molar-refractivity contribution in [1.82, 2.24) is 19.7 Å². The van der Waals surface area contributed by atoms with Crippen LogP contribution in [0.2, 0.25) is 0 Å². The molecule has 6 nitrogen and oxygen atoms in total. The lowest BCUT2D eigenvalue weighted by atomic mass is 10.2. The highest BCUT2D eigenvalue weighted by Gasteiger charge is 2.18. The number of aromatic nitrogens is 4. The van der Waals surface area contributed by atoms with Crippen LogP contribution in [-0.2, 0) is 6.54 Å². The van der Waals surface area contributed by atoms with Crippen LogP contribution in [0.25, 0.3) is 0 Å². The zero-order valence-corrected chi connectivity index (χ0v) is 13.7. The maximum atomic E-state index is 12.6. The van der Waals surface area contributed by atoms with Crippen LogP contribution in [0.1, 0.15) is 16.1 Å². The van der Waals surface area contributed by atoms with E-state index >= 15 is 0 Å². The Morgan fingerprint density at radius 3 is 2.72 bits per heavy atom. The van der Waals surface area contributed by atoms with Gasteiger partial charge in [-0.15, -0.1) is 0 Å². The van der Waals surface area contributed by atoms with Crippen LogP contribution in [-0.4, -0.2) is 31.4 Å². The number of thioether (sulfide) groups is 1. The first-order valence-corrected chi connectivity index (χ1v) is 8.14. The van der Waals surface area contributed by atoms with Crippen LogP contribution in [0.15, 0.2) is 60.0 Å². The third-order valence-corrected chi connectivity index (χ3v) is 3.94. The van der Waals surface area contributed by atoms with Gasteiger partial charge in [-0.25, -0.2) is 9.67 Å². The van der Waals surface area contributed by atoms with Gasteiger partial charge < -0.3 is 5.32 Å². The van der Waals surface area contributed by atoms with Gasteiger partial charge in [-0.3, -0.25) is 9.78 Å². The van der Waals surface area contributed by atoms with E-state index in [1.54, 1.807) is 23.0 Å². The SMILES string of the molecule is O=C(Nc1ccnn1Cc1ccccn1)c1cccnc1SC(F)F. The van der Waals surface area contributed by atoms with Gasteiger partial charge in [-0.1, -0.05) is 6.07 Å². The fourth-order valence-corrected chi connectivity index (χ4v) is 2.71. The zero-order valence-electron chi connectivity index (χ0n) is 12.8. The number of anilines is 1. The molecule has 0 aliphatic carbocycles. The van der Waals surface area contributed by atoms with E-state index < -0.39 is 11.7 Å². The molecular formula is C16H13F2N5OS. The van der Waals surface area contributed by atoms with Gasteiger partial charge in [-0.2, -0.15) is 13.9 Å². The number of rotatable bonds is 6. The summed E-state index contributed by atoms with van der Waals surface area (Å²) < 4.78 is 26.8. The van der Waals surface area contributed by atoms with Crippen LogP contribution in [0.4, 0.5) is 14.6 Å². The first-order chi connectivity index (χ1) is 12.1. The number of carbonyl (C=O) groups is 1. The molecule has 0 bridgehead atoms. The highest BCUT2D eigenvalue weighted by atomic mass is 32.2. The predicted octanol–water partition coefficient (Wildman–Crippen LogP) is 3.29. The number of nitrogens with zero attached hydrogens (tertiary/aromatic N) is 4. The molecule has 0 saturated carbocycles. The quantitative estimate of drug-likeness (QED) is 0.682. The Hall–Kier alpha value is -2.81. The molecule has 0 unspecified atom stereocenters. The smallest absolute Gasteiger partial charge is 0.290 e. The summed E-state index contributed by atoms with van der Waals surface area (Å²) in [5.41, 5.74) is 0.857. The van der Waals surface area contributed by atoms with Crippen LogP contribution < -0.4 is 5.32 Å². The Balaban J connectivity index is 1.78. The highest BCUT2D eigenvalue weighted by Crippen LogP contribution is 2.26. The monoisotopic (exact) mass is 361 g/mol. The summed E-state index contributed by atoms with van der Waals surface area (Å²) in [5, 5.41) is 6.80. The van der Waals surface area contributed by atoms with Crippen LogP contribution in [0, 0.1) is 0 Å². The first kappa shape index (κ1) is 17.0. The summed E-state index contributed by atoms with van der Waals surface area (Å²) >= 11 is 0.235. The molecule has 9 heteroatoms. The fourth-order valence-electron chi connectivity index (χ4n) is 2.14. The number of halogens is 2. The van der Waals surface area contributed by atoms with E-state index in [0.717, 1.165) is 5.69 Å². The van der Waals surface area contributed by atoms with Crippen molar-refractivity contribution in [2.45, 2.75) is 17.3 Å². The number of alkyl halides is 2. The molecule has 0 spiro atoms. The summed E-state index contributed by atoms with van der Waals surface area (Å²) in [5.74, 6) is -2.75. The van der Waals surface area contributed by atoms with Crippen molar-refractivity contribution in [3.05, 3.63) is 66.2 Å². The van der Waals surface area contributed by atoms with Gasteiger partial charge in [0.25, 0.3) is 11.7 Å². The molecule has 0 atom stereocenters. The summed E-state index contributed by atoms with van der Waals surface area (Å²) in [6.45, 7) is 0.370. The van der Waals surface area contributed by atoms with Gasteiger partial charge in [0.1, 0.15) is 10.8 Å². The van der Waals surface area contributed by atoms with E-state index in [0.29, 0.717) is 12.4 Å². The van der Waals surface area contributed by atoms with Crippen LogP contribution in [0.5, 0.6) is 0 Å². The second kappa shape index (κ2) is 7.84. The van der Waals surface area contributed by atoms with Crippen LogP contribution in [0.3, 0.4) is 0 Å². The zero-order chi connectivity index (χ0) is 17.6. The van der Waals surface area contributed by atoms with Gasteiger partial charge in [-0.05, 0) is 36.0 Å². The number of hydrogen-bond acceptors (Lipinski definition) is 5. The van der Waals surface area contributed by atoms with Gasteiger partial charge in [0.2, 0.25) is 0 Å². The van der Waals surface area contributed by atoms with Crippen molar-refractivity contribution in [2.24, 2.45) is 0 Å². The van der Waals surface area contributed by atoms with Crippen molar-refractivity contribution in [3.63, 3.8) is 0 Å². The van der Waals surface area contributed by atoms with E-state index in [9.17, 15) is 13.6 Å². The molecule has 3 aromatic rings. The fraction of sp³-hybridized carbons (Fsp3) is 0.125. The molecule has 0 fully saturated rings. The molecule has 0 aromatic carbocycles. The van der Waals surface area contributed by atoms with E-state index in [4.69, 9.17) is 0 Å². The second-order valence-corrected chi connectivity index (χ2v) is 5.86. The third kappa shape index (κ3) is 4.38. The number of nitrogens with one attached hydrogen (secondary N) is 1. The third-order valence-electron chi connectivity index (χ3n) is 3.21. The first-order valence-electron chi connectivity index (χ1n) is 7.26. The molecule has 1 N–H and O–H groups in total. The van der Waals surface area contributed by atoms with Crippen molar-refractivity contribution >= 4 is 23.5 Å². The molecule has 0 saturated heterocycles. The average molecular weight is 361 g/mol. The van der Waals surface area contributed by atoms with Crippen molar-refractivity contribution in [3.8, 4) is 0 Å². The van der Waals surface area contributed by atoms with Crippen LogP contribution >= 0.6 is 11.8 Å². The average Bonchev–Trinajstić information content (AvgIpc) is 3.02.